The summed E-state index contributed by atoms with van der Waals surface area (Å²) in [6.07, 6.45) is 1.66. The number of carbonyl (C=O) groups excluding carboxylic acids is 1. The van der Waals surface area contributed by atoms with Gasteiger partial charge in [-0.05, 0) is 57.6 Å². The average Bonchev–Trinajstić information content (AvgIpc) is 2.70. The van der Waals surface area contributed by atoms with E-state index >= 15 is 0 Å². The normalized spacial score (nSPS) is 10.5. The lowest BCUT2D eigenvalue weighted by atomic mass is 10.1. The van der Waals surface area contributed by atoms with Crippen molar-refractivity contribution in [3.63, 3.8) is 0 Å². The predicted octanol–water partition coefficient (Wildman–Crippen LogP) is 3.50. The summed E-state index contributed by atoms with van der Waals surface area (Å²) in [5.74, 6) is 0.00113. The van der Waals surface area contributed by atoms with Crippen molar-refractivity contribution in [2.75, 3.05) is 0 Å². The third-order valence-electron chi connectivity index (χ3n) is 2.43. The van der Waals surface area contributed by atoms with Gasteiger partial charge >= 0.3 is 0 Å². The molecule has 1 aromatic heterocycles. The third-order valence-corrected chi connectivity index (χ3v) is 3.95. The van der Waals surface area contributed by atoms with Crippen molar-refractivity contribution >= 4 is 44.3 Å². The molecular formula is C12H10BrIN2O. The first-order valence-corrected chi connectivity index (χ1v) is 7.03. The van der Waals surface area contributed by atoms with Gasteiger partial charge in [-0.15, -0.1) is 0 Å². The van der Waals surface area contributed by atoms with Crippen LogP contribution in [0.1, 0.15) is 23.0 Å². The van der Waals surface area contributed by atoms with Gasteiger partial charge in [0, 0.05) is 15.7 Å². The molecule has 0 amide bonds. The largest absolute Gasteiger partial charge is 0.287 e. The van der Waals surface area contributed by atoms with Crippen molar-refractivity contribution in [2.45, 2.75) is 13.5 Å². The Hall–Kier alpha value is -0.690. The van der Waals surface area contributed by atoms with Crippen LogP contribution in [0.4, 0.5) is 0 Å². The van der Waals surface area contributed by atoms with E-state index in [1.807, 2.05) is 31.2 Å². The van der Waals surface area contributed by atoms with Gasteiger partial charge in [0.1, 0.15) is 5.69 Å². The lowest BCUT2D eigenvalue weighted by Crippen LogP contribution is -2.12. The minimum absolute atomic E-state index is 0.00113. The second-order valence-corrected chi connectivity index (χ2v) is 5.48. The summed E-state index contributed by atoms with van der Waals surface area (Å²) in [7, 11) is 0. The molecule has 0 fully saturated rings. The number of ketones is 1. The molecule has 0 N–H and O–H groups in total. The van der Waals surface area contributed by atoms with E-state index in [2.05, 4.69) is 43.6 Å². The van der Waals surface area contributed by atoms with Gasteiger partial charge in [-0.3, -0.25) is 9.48 Å². The van der Waals surface area contributed by atoms with Crippen LogP contribution in [0.3, 0.4) is 0 Å². The zero-order valence-corrected chi connectivity index (χ0v) is 12.9. The highest BCUT2D eigenvalue weighted by Gasteiger charge is 2.19. The van der Waals surface area contributed by atoms with Gasteiger partial charge < -0.3 is 0 Å². The first kappa shape index (κ1) is 12.8. The number of aryl methyl sites for hydroxylation is 1. The van der Waals surface area contributed by atoms with Gasteiger partial charge in [0.05, 0.1) is 10.7 Å². The van der Waals surface area contributed by atoms with Gasteiger partial charge in [0.25, 0.3) is 0 Å². The highest BCUT2D eigenvalue weighted by atomic mass is 127. The highest BCUT2D eigenvalue weighted by Crippen LogP contribution is 2.22. The number of hydrogen-bond donors (Lipinski definition) is 0. The maximum absolute atomic E-state index is 12.4. The van der Waals surface area contributed by atoms with Crippen LogP contribution in [0.15, 0.2) is 34.9 Å². The van der Waals surface area contributed by atoms with Crippen molar-refractivity contribution in [3.05, 3.63) is 49.8 Å². The van der Waals surface area contributed by atoms with Crippen molar-refractivity contribution in [1.82, 2.24) is 9.78 Å². The molecule has 0 unspecified atom stereocenters. The number of carbonyl (C=O) groups is 1. The fourth-order valence-electron chi connectivity index (χ4n) is 1.60. The highest BCUT2D eigenvalue weighted by molar-refractivity contribution is 14.1. The van der Waals surface area contributed by atoms with Crippen LogP contribution in [-0.2, 0) is 6.54 Å². The van der Waals surface area contributed by atoms with E-state index in [4.69, 9.17) is 0 Å². The molecule has 0 aliphatic rings. The number of aromatic nitrogens is 2. The molecule has 0 radical (unpaired) electrons. The summed E-state index contributed by atoms with van der Waals surface area (Å²) < 4.78 is 3.39. The van der Waals surface area contributed by atoms with Gasteiger partial charge in [-0.1, -0.05) is 12.1 Å². The minimum Gasteiger partial charge on any atom is -0.287 e. The quantitative estimate of drug-likeness (QED) is 0.579. The monoisotopic (exact) mass is 404 g/mol. The van der Waals surface area contributed by atoms with Gasteiger partial charge in [0.2, 0.25) is 5.78 Å². The molecule has 1 heterocycles. The van der Waals surface area contributed by atoms with E-state index in [1.165, 1.54) is 0 Å². The zero-order chi connectivity index (χ0) is 12.4. The molecule has 0 spiro atoms. The molecule has 0 saturated heterocycles. The predicted molar refractivity (Wildman–Crippen MR) is 78.2 cm³/mol. The number of rotatable bonds is 3. The number of benzene rings is 1. The van der Waals surface area contributed by atoms with Crippen LogP contribution < -0.4 is 0 Å². The number of hydrogen-bond acceptors (Lipinski definition) is 2. The van der Waals surface area contributed by atoms with E-state index in [-0.39, 0.29) is 5.78 Å². The van der Waals surface area contributed by atoms with Crippen LogP contribution in [0.25, 0.3) is 0 Å². The molecule has 0 atom stereocenters. The Kier molecular flexibility index (Phi) is 3.98. The molecule has 1 aromatic carbocycles. The molecular weight excluding hydrogens is 395 g/mol. The first-order valence-electron chi connectivity index (χ1n) is 5.15. The summed E-state index contributed by atoms with van der Waals surface area (Å²) in [5.41, 5.74) is 1.32. The summed E-state index contributed by atoms with van der Waals surface area (Å²) in [6, 6.07) is 7.55. The molecule has 88 valence electrons. The summed E-state index contributed by atoms with van der Waals surface area (Å²) in [6.45, 7) is 2.64. The van der Waals surface area contributed by atoms with Crippen molar-refractivity contribution in [1.29, 1.82) is 0 Å². The molecule has 17 heavy (non-hydrogen) atoms. The van der Waals surface area contributed by atoms with Crippen LogP contribution in [-0.4, -0.2) is 15.6 Å². The van der Waals surface area contributed by atoms with E-state index in [9.17, 15) is 4.79 Å². The second-order valence-electron chi connectivity index (χ2n) is 3.47. The van der Waals surface area contributed by atoms with Crippen molar-refractivity contribution < 1.29 is 4.79 Å². The maximum Gasteiger partial charge on any atom is 0.213 e. The Morgan fingerprint density at radius 1 is 1.47 bits per heavy atom. The number of halogens is 2. The molecule has 2 aromatic rings. The lowest BCUT2D eigenvalue weighted by Gasteiger charge is -2.06. The summed E-state index contributed by atoms with van der Waals surface area (Å²) >= 11 is 5.54. The Balaban J connectivity index is 2.51. The van der Waals surface area contributed by atoms with Crippen LogP contribution in [0.2, 0.25) is 0 Å². The molecule has 5 heteroatoms. The Bertz CT molecular complexity index is 565. The van der Waals surface area contributed by atoms with Gasteiger partial charge in [-0.2, -0.15) is 5.10 Å². The maximum atomic E-state index is 12.4. The van der Waals surface area contributed by atoms with E-state index in [0.717, 1.165) is 8.04 Å². The Morgan fingerprint density at radius 2 is 2.18 bits per heavy atom. The van der Waals surface area contributed by atoms with Crippen LogP contribution >= 0.6 is 38.5 Å². The van der Waals surface area contributed by atoms with Crippen LogP contribution in [0.5, 0.6) is 0 Å². The Labute approximate surface area is 121 Å². The number of nitrogens with zero attached hydrogens (tertiary/aromatic N) is 2. The van der Waals surface area contributed by atoms with E-state index < -0.39 is 0 Å². The molecule has 3 nitrogen and oxygen atoms in total. The standard InChI is InChI=1S/C12H10BrIN2O/c1-2-16-11(9(13)7-15-16)12(17)8-5-3-4-6-10(8)14/h3-7H,2H2,1H3. The van der Waals surface area contributed by atoms with Gasteiger partial charge in [0.15, 0.2) is 0 Å². The second kappa shape index (κ2) is 5.30. The topological polar surface area (TPSA) is 34.9 Å². The van der Waals surface area contributed by atoms with E-state index in [1.54, 1.807) is 10.9 Å². The van der Waals surface area contributed by atoms with Gasteiger partial charge in [-0.25, -0.2) is 0 Å². The van der Waals surface area contributed by atoms with Crippen molar-refractivity contribution in [3.8, 4) is 0 Å². The SMILES string of the molecule is CCn1ncc(Br)c1C(=O)c1ccccc1I. The smallest absolute Gasteiger partial charge is 0.213 e. The van der Waals surface area contributed by atoms with Crippen LogP contribution in [0, 0.1) is 3.57 Å². The molecule has 0 bridgehead atoms. The lowest BCUT2D eigenvalue weighted by molar-refractivity contribution is 0.102. The zero-order valence-electron chi connectivity index (χ0n) is 9.15. The third kappa shape index (κ3) is 2.44. The Morgan fingerprint density at radius 3 is 2.82 bits per heavy atom. The molecule has 2 rings (SSSR count). The fraction of sp³-hybridized carbons (Fsp3) is 0.167. The molecule has 0 saturated carbocycles. The summed E-state index contributed by atoms with van der Waals surface area (Å²) in [5, 5.41) is 4.16. The minimum atomic E-state index is 0.00113. The molecule has 0 aliphatic heterocycles. The summed E-state index contributed by atoms with van der Waals surface area (Å²) in [4.78, 5) is 12.4. The van der Waals surface area contributed by atoms with Crippen molar-refractivity contribution in [2.24, 2.45) is 0 Å². The fourth-order valence-corrected chi connectivity index (χ4v) is 2.71. The molecule has 0 aliphatic carbocycles. The first-order chi connectivity index (χ1) is 8.15. The van der Waals surface area contributed by atoms with E-state index in [0.29, 0.717) is 17.8 Å². The average molecular weight is 405 g/mol.